The predicted octanol–water partition coefficient (Wildman–Crippen LogP) is 8.64. The molecular formula is C43H40N8. The van der Waals surface area contributed by atoms with Crippen molar-refractivity contribution in [2.45, 2.75) is 51.6 Å². The zero-order valence-corrected chi connectivity index (χ0v) is 29.0. The van der Waals surface area contributed by atoms with Crippen molar-refractivity contribution >= 4 is 5.65 Å². The van der Waals surface area contributed by atoms with E-state index in [1.165, 1.54) is 11.3 Å². The average molecular weight is 669 g/mol. The minimum atomic E-state index is -0.837. The lowest BCUT2D eigenvalue weighted by molar-refractivity contribution is 0.451. The van der Waals surface area contributed by atoms with Crippen LogP contribution in [-0.2, 0) is 24.9 Å². The van der Waals surface area contributed by atoms with Gasteiger partial charge in [0, 0.05) is 23.7 Å². The molecule has 0 aliphatic carbocycles. The van der Waals surface area contributed by atoms with Gasteiger partial charge in [0.05, 0.1) is 6.54 Å². The van der Waals surface area contributed by atoms with E-state index in [4.69, 9.17) is 20.4 Å². The second-order valence-electron chi connectivity index (χ2n) is 12.9. The number of nitrogens with zero attached hydrogens (tertiary/aromatic N) is 8. The maximum Gasteiger partial charge on any atom is 0.184 e. The molecule has 8 heteroatoms. The third-order valence-electron chi connectivity index (χ3n) is 9.62. The molecule has 3 heterocycles. The number of benzene rings is 5. The number of fused-ring (bicyclic) bond motifs is 1. The molecule has 252 valence electrons. The molecule has 0 spiro atoms. The van der Waals surface area contributed by atoms with Gasteiger partial charge < -0.3 is 0 Å². The van der Waals surface area contributed by atoms with E-state index in [0.29, 0.717) is 12.4 Å². The molecule has 0 saturated carbocycles. The summed E-state index contributed by atoms with van der Waals surface area (Å²) in [5.74, 6) is 1.58. The maximum absolute atomic E-state index is 4.85. The fourth-order valence-corrected chi connectivity index (χ4v) is 7.31. The molecule has 0 fully saturated rings. The first-order chi connectivity index (χ1) is 25.2. The molecule has 0 unspecified atom stereocenters. The topological polar surface area (TPSA) is 78.7 Å². The summed E-state index contributed by atoms with van der Waals surface area (Å²) in [5.41, 5.74) is 8.81. The Kier molecular flexibility index (Phi) is 8.80. The van der Waals surface area contributed by atoms with E-state index < -0.39 is 5.54 Å². The van der Waals surface area contributed by atoms with Crippen LogP contribution in [0.5, 0.6) is 0 Å². The molecule has 8 nitrogen and oxygen atoms in total. The summed E-state index contributed by atoms with van der Waals surface area (Å²) in [6, 6.07) is 50.9. The van der Waals surface area contributed by atoms with Gasteiger partial charge in [-0.1, -0.05) is 160 Å². The highest BCUT2D eigenvalue weighted by atomic mass is 15.6. The molecule has 0 saturated heterocycles. The van der Waals surface area contributed by atoms with E-state index >= 15 is 0 Å². The van der Waals surface area contributed by atoms with E-state index in [1.54, 1.807) is 0 Å². The summed E-state index contributed by atoms with van der Waals surface area (Å²) in [4.78, 5) is 4.79. The van der Waals surface area contributed by atoms with Gasteiger partial charge in [0.2, 0.25) is 0 Å². The van der Waals surface area contributed by atoms with Crippen LogP contribution >= 0.6 is 0 Å². The van der Waals surface area contributed by atoms with E-state index in [9.17, 15) is 0 Å². The Morgan fingerprint density at radius 1 is 0.608 bits per heavy atom. The quantitative estimate of drug-likeness (QED) is 0.122. The lowest BCUT2D eigenvalue weighted by Gasteiger charge is -2.36. The first-order valence-electron chi connectivity index (χ1n) is 17.8. The average Bonchev–Trinajstić information content (AvgIpc) is 3.91. The fourth-order valence-electron chi connectivity index (χ4n) is 7.31. The number of hydrogen-bond acceptors (Lipinski definition) is 5. The van der Waals surface area contributed by atoms with Crippen LogP contribution < -0.4 is 0 Å². The van der Waals surface area contributed by atoms with Gasteiger partial charge >= 0.3 is 0 Å². The minimum absolute atomic E-state index is 0.680. The third-order valence-corrected chi connectivity index (χ3v) is 9.62. The summed E-state index contributed by atoms with van der Waals surface area (Å²) >= 11 is 0. The van der Waals surface area contributed by atoms with Gasteiger partial charge in [0.25, 0.3) is 0 Å². The number of tetrazole rings is 1. The van der Waals surface area contributed by atoms with E-state index in [2.05, 4.69) is 151 Å². The van der Waals surface area contributed by atoms with E-state index in [0.717, 1.165) is 70.5 Å². The second-order valence-corrected chi connectivity index (χ2v) is 12.9. The van der Waals surface area contributed by atoms with Crippen LogP contribution in [0, 0.1) is 0 Å². The Balaban J connectivity index is 1.22. The van der Waals surface area contributed by atoms with Gasteiger partial charge in [-0.15, -0.1) is 10.2 Å². The summed E-state index contributed by atoms with van der Waals surface area (Å²) in [6.45, 7) is 5.08. The number of rotatable bonds is 12. The van der Waals surface area contributed by atoms with Crippen LogP contribution in [0.15, 0.2) is 146 Å². The smallest absolute Gasteiger partial charge is 0.184 e. The number of aromatic nitrogens is 8. The van der Waals surface area contributed by atoms with Crippen LogP contribution in [0.4, 0.5) is 0 Å². The Bertz CT molecular complexity index is 2260. The molecular weight excluding hydrogens is 629 g/mol. The predicted molar refractivity (Wildman–Crippen MR) is 201 cm³/mol. The monoisotopic (exact) mass is 668 g/mol. The third kappa shape index (κ3) is 5.82. The summed E-state index contributed by atoms with van der Waals surface area (Å²) < 4.78 is 6.24. The second kappa shape index (κ2) is 14.0. The highest BCUT2D eigenvalue weighted by Crippen LogP contribution is 2.43. The first kappa shape index (κ1) is 32.1. The van der Waals surface area contributed by atoms with Crippen molar-refractivity contribution in [1.82, 2.24) is 39.6 Å². The Hall–Kier alpha value is -6.15. The normalized spacial score (nSPS) is 11.7. The van der Waals surface area contributed by atoms with Gasteiger partial charge in [0.15, 0.2) is 17.3 Å². The Morgan fingerprint density at radius 2 is 1.18 bits per heavy atom. The van der Waals surface area contributed by atoms with E-state index in [1.807, 2.05) is 27.5 Å². The van der Waals surface area contributed by atoms with Gasteiger partial charge in [-0.05, 0) is 56.6 Å². The molecule has 8 rings (SSSR count). The van der Waals surface area contributed by atoms with Crippen molar-refractivity contribution < 1.29 is 0 Å². The van der Waals surface area contributed by atoms with Crippen molar-refractivity contribution in [1.29, 1.82) is 0 Å². The van der Waals surface area contributed by atoms with Crippen molar-refractivity contribution in [3.8, 4) is 22.5 Å². The van der Waals surface area contributed by atoms with Crippen LogP contribution in [0.1, 0.15) is 60.5 Å². The summed E-state index contributed by atoms with van der Waals surface area (Å²) in [5, 5.41) is 18.7. The fraction of sp³-hybridized carbons (Fsp3) is 0.186. The molecule has 0 radical (unpaired) electrons. The summed E-state index contributed by atoms with van der Waals surface area (Å²) in [6.07, 6.45) is 3.94. The molecule has 3 aromatic heterocycles. The lowest BCUT2D eigenvalue weighted by atomic mass is 9.77. The van der Waals surface area contributed by atoms with Crippen molar-refractivity contribution in [3.05, 3.63) is 179 Å². The van der Waals surface area contributed by atoms with Gasteiger partial charge in [-0.25, -0.2) is 9.67 Å². The van der Waals surface area contributed by atoms with Gasteiger partial charge in [-0.2, -0.15) is 4.63 Å². The van der Waals surface area contributed by atoms with E-state index in [-0.39, 0.29) is 0 Å². The zero-order valence-electron chi connectivity index (χ0n) is 29.0. The molecule has 0 bridgehead atoms. The van der Waals surface area contributed by atoms with Crippen molar-refractivity contribution in [2.75, 3.05) is 0 Å². The summed E-state index contributed by atoms with van der Waals surface area (Å²) in [7, 11) is 0. The SMILES string of the molecule is CCCc1nc2cc(CCC)n(Cc3ccc(-c4ccccc4-c4nnnn4C(c4ccccc4)(c4ccccc4)c4ccccc4)cc3)n2n1. The molecule has 0 aliphatic rings. The Morgan fingerprint density at radius 3 is 1.76 bits per heavy atom. The van der Waals surface area contributed by atoms with Crippen LogP contribution in [0.3, 0.4) is 0 Å². The number of hydrogen-bond donors (Lipinski definition) is 0. The highest BCUT2D eigenvalue weighted by Gasteiger charge is 2.42. The van der Waals surface area contributed by atoms with Crippen LogP contribution in [0.2, 0.25) is 0 Å². The lowest BCUT2D eigenvalue weighted by Crippen LogP contribution is -2.39. The standard InChI is InChI=1S/C43H40N8/c1-3-16-37-30-41-44-40(17-4-2)46-51(41)49(37)31-32-26-28-33(29-27-32)38-24-14-15-25-39(38)42-45-47-48-50(42)43(34-18-8-5-9-19-34,35-20-10-6-11-21-35)36-22-12-7-13-23-36/h5-15,18-30H,3-4,16-17,31H2,1-2H3. The Labute approximate surface area is 298 Å². The van der Waals surface area contributed by atoms with Crippen LogP contribution in [-0.4, -0.2) is 39.6 Å². The van der Waals surface area contributed by atoms with Crippen molar-refractivity contribution in [3.63, 3.8) is 0 Å². The number of aryl methyl sites for hydroxylation is 2. The molecule has 0 amide bonds. The molecule has 8 aromatic rings. The molecule has 0 atom stereocenters. The molecule has 5 aromatic carbocycles. The molecule has 0 aliphatic heterocycles. The highest BCUT2D eigenvalue weighted by molar-refractivity contribution is 5.81. The van der Waals surface area contributed by atoms with Gasteiger partial charge in [0.1, 0.15) is 5.54 Å². The molecule has 0 N–H and O–H groups in total. The maximum atomic E-state index is 4.85. The van der Waals surface area contributed by atoms with Crippen LogP contribution in [0.25, 0.3) is 28.2 Å². The molecule has 51 heavy (non-hydrogen) atoms. The van der Waals surface area contributed by atoms with Crippen molar-refractivity contribution in [2.24, 2.45) is 0 Å². The largest absolute Gasteiger partial charge is 0.263 e. The first-order valence-corrected chi connectivity index (χ1v) is 17.8. The minimum Gasteiger partial charge on any atom is -0.263 e. The van der Waals surface area contributed by atoms with Gasteiger partial charge in [-0.3, -0.25) is 4.68 Å². The zero-order chi connectivity index (χ0) is 34.6.